The minimum Gasteiger partial charge on any atom is -0.347 e. The Bertz CT molecular complexity index is 1420. The second-order valence-electron chi connectivity index (χ2n) is 11.6. The number of fused-ring (bicyclic) bond motifs is 1. The molecule has 5 rings (SSSR count). The number of rotatable bonds is 4. The van der Waals surface area contributed by atoms with Crippen LogP contribution in [0.4, 0.5) is 5.95 Å². The highest BCUT2D eigenvalue weighted by Gasteiger charge is 2.56. The Hall–Kier alpha value is -3.60. The molecule has 0 radical (unpaired) electrons. The van der Waals surface area contributed by atoms with Crippen molar-refractivity contribution in [1.29, 1.82) is 0 Å². The fourth-order valence-corrected chi connectivity index (χ4v) is 5.33. The van der Waals surface area contributed by atoms with Crippen LogP contribution in [0, 0.1) is 5.41 Å². The van der Waals surface area contributed by atoms with E-state index in [4.69, 9.17) is 15.0 Å². The van der Waals surface area contributed by atoms with E-state index in [0.717, 1.165) is 22.4 Å². The maximum absolute atomic E-state index is 4.83. The molecule has 0 N–H and O–H groups in total. The molecule has 0 aliphatic heterocycles. The third-order valence-electron chi connectivity index (χ3n) is 8.86. The summed E-state index contributed by atoms with van der Waals surface area (Å²) in [5.41, 5.74) is 7.06. The molecule has 5 nitrogen and oxygen atoms in total. The van der Waals surface area contributed by atoms with E-state index >= 15 is 0 Å². The van der Waals surface area contributed by atoms with Crippen molar-refractivity contribution in [3.8, 4) is 34.0 Å². The molecule has 0 fully saturated rings. The Kier molecular flexibility index (Phi) is 5.51. The molecule has 2 heterocycles. The summed E-state index contributed by atoms with van der Waals surface area (Å²) in [6.07, 6.45) is 1.87. The molecule has 36 heavy (non-hydrogen) atoms. The highest BCUT2D eigenvalue weighted by molar-refractivity contribution is 5.68. The van der Waals surface area contributed by atoms with Crippen molar-refractivity contribution in [2.45, 2.75) is 52.4 Å². The van der Waals surface area contributed by atoms with Gasteiger partial charge in [0, 0.05) is 37.0 Å². The second kappa shape index (κ2) is 8.22. The predicted molar refractivity (Wildman–Crippen MR) is 148 cm³/mol. The highest BCUT2D eigenvalue weighted by atomic mass is 15.2. The van der Waals surface area contributed by atoms with Gasteiger partial charge >= 0.3 is 0 Å². The van der Waals surface area contributed by atoms with E-state index in [0.29, 0.717) is 17.6 Å². The number of anilines is 1. The first kappa shape index (κ1) is 24.1. The third-order valence-corrected chi connectivity index (χ3v) is 8.86. The molecule has 5 heteroatoms. The lowest BCUT2D eigenvalue weighted by Gasteiger charge is -2.44. The second-order valence-corrected chi connectivity index (χ2v) is 11.6. The van der Waals surface area contributed by atoms with Crippen LogP contribution in [0.1, 0.15) is 52.7 Å². The maximum atomic E-state index is 4.83. The van der Waals surface area contributed by atoms with Crippen molar-refractivity contribution in [2.24, 2.45) is 5.41 Å². The van der Waals surface area contributed by atoms with E-state index in [9.17, 15) is 0 Å². The van der Waals surface area contributed by atoms with Crippen LogP contribution < -0.4 is 4.90 Å². The summed E-state index contributed by atoms with van der Waals surface area (Å²) in [6, 6.07) is 21.0. The largest absolute Gasteiger partial charge is 0.347 e. The first-order chi connectivity index (χ1) is 16.9. The lowest BCUT2D eigenvalue weighted by molar-refractivity contribution is 0.125. The van der Waals surface area contributed by atoms with Crippen LogP contribution in [-0.4, -0.2) is 34.0 Å². The van der Waals surface area contributed by atoms with Gasteiger partial charge in [-0.15, -0.1) is 0 Å². The quantitative estimate of drug-likeness (QED) is 0.319. The van der Waals surface area contributed by atoms with Crippen molar-refractivity contribution in [2.75, 3.05) is 19.0 Å². The van der Waals surface area contributed by atoms with Gasteiger partial charge in [0.25, 0.3) is 0 Å². The fraction of sp³-hybridized carbons (Fsp3) is 0.355. The van der Waals surface area contributed by atoms with E-state index in [-0.39, 0.29) is 16.2 Å². The van der Waals surface area contributed by atoms with Crippen LogP contribution in [-0.2, 0) is 10.8 Å². The average molecular weight is 478 g/mol. The first-order valence-electron chi connectivity index (χ1n) is 12.5. The minimum absolute atomic E-state index is 0.0586. The van der Waals surface area contributed by atoms with Crippen LogP contribution >= 0.6 is 0 Å². The smallest absolute Gasteiger partial charge is 0.228 e. The van der Waals surface area contributed by atoms with Crippen LogP contribution in [0.2, 0.25) is 0 Å². The van der Waals surface area contributed by atoms with Crippen LogP contribution in [0.15, 0.2) is 66.9 Å². The van der Waals surface area contributed by atoms with Gasteiger partial charge in [0.15, 0.2) is 11.6 Å². The number of aromatic nitrogens is 4. The number of nitrogens with zero attached hydrogens (tertiary/aromatic N) is 5. The summed E-state index contributed by atoms with van der Waals surface area (Å²) in [4.78, 5) is 20.8. The molecule has 2 aromatic heterocycles. The zero-order valence-corrected chi connectivity index (χ0v) is 22.6. The van der Waals surface area contributed by atoms with Gasteiger partial charge in [0.1, 0.15) is 0 Å². The van der Waals surface area contributed by atoms with Gasteiger partial charge in [-0.3, -0.25) is 4.98 Å². The maximum Gasteiger partial charge on any atom is 0.228 e. The molecule has 0 unspecified atom stereocenters. The molecule has 0 amide bonds. The SMILES string of the molecule is CN(C)c1nc(-c2ccccc2)nc(-c2ccc(-c3ccc4c(c3)C(C)(C)C(C)(C)C4(C)C)nc2)n1. The van der Waals surface area contributed by atoms with Gasteiger partial charge in [0.2, 0.25) is 5.95 Å². The lowest BCUT2D eigenvalue weighted by Crippen LogP contribution is -2.42. The minimum atomic E-state index is 0.0586. The highest BCUT2D eigenvalue weighted by Crippen LogP contribution is 2.61. The average Bonchev–Trinajstić information content (AvgIpc) is 2.98. The van der Waals surface area contributed by atoms with Crippen LogP contribution in [0.25, 0.3) is 34.0 Å². The van der Waals surface area contributed by atoms with Crippen molar-refractivity contribution in [1.82, 2.24) is 19.9 Å². The third kappa shape index (κ3) is 3.60. The van der Waals surface area contributed by atoms with Gasteiger partial charge in [-0.25, -0.2) is 4.98 Å². The Balaban J connectivity index is 1.53. The van der Waals surface area contributed by atoms with Gasteiger partial charge in [-0.05, 0) is 45.6 Å². The molecule has 0 spiro atoms. The number of pyridine rings is 1. The topological polar surface area (TPSA) is 54.8 Å². The standard InChI is InChI=1S/C31H35N5/c1-29(2)23-16-14-21(18-24(23)30(3,4)31(29,5)6)25-17-15-22(19-32-25)27-33-26(20-12-10-9-11-13-20)34-28(35-27)36(7)8/h9-19H,1-8H3. The molecule has 0 saturated heterocycles. The van der Waals surface area contributed by atoms with Crippen molar-refractivity contribution >= 4 is 5.95 Å². The van der Waals surface area contributed by atoms with Gasteiger partial charge in [0.05, 0.1) is 5.69 Å². The Labute approximate surface area is 214 Å². The molecule has 1 aliphatic carbocycles. The van der Waals surface area contributed by atoms with Crippen LogP contribution in [0.3, 0.4) is 0 Å². The molecule has 4 aromatic rings. The van der Waals surface area contributed by atoms with Gasteiger partial charge in [-0.1, -0.05) is 84.0 Å². The monoisotopic (exact) mass is 477 g/mol. The van der Waals surface area contributed by atoms with E-state index < -0.39 is 0 Å². The number of hydrogen-bond acceptors (Lipinski definition) is 5. The molecule has 2 aromatic carbocycles. The molecule has 0 saturated carbocycles. The fourth-order valence-electron chi connectivity index (χ4n) is 5.33. The van der Waals surface area contributed by atoms with E-state index in [1.807, 2.05) is 55.5 Å². The molecular formula is C31H35N5. The van der Waals surface area contributed by atoms with E-state index in [2.05, 4.69) is 76.9 Å². The zero-order valence-electron chi connectivity index (χ0n) is 22.6. The summed E-state index contributed by atoms with van der Waals surface area (Å²) in [6.45, 7) is 14.3. The summed E-state index contributed by atoms with van der Waals surface area (Å²) in [5, 5.41) is 0. The molecule has 0 atom stereocenters. The van der Waals surface area contributed by atoms with Crippen molar-refractivity contribution < 1.29 is 0 Å². The molecule has 0 bridgehead atoms. The summed E-state index contributed by atoms with van der Waals surface area (Å²) in [7, 11) is 3.88. The molecule has 184 valence electrons. The predicted octanol–water partition coefficient (Wildman–Crippen LogP) is 6.93. The van der Waals surface area contributed by atoms with E-state index in [1.54, 1.807) is 0 Å². The van der Waals surface area contributed by atoms with Crippen molar-refractivity contribution in [3.63, 3.8) is 0 Å². The number of hydrogen-bond donors (Lipinski definition) is 0. The summed E-state index contributed by atoms with van der Waals surface area (Å²) in [5.74, 6) is 1.89. The first-order valence-corrected chi connectivity index (χ1v) is 12.5. The number of benzene rings is 2. The Morgan fingerprint density at radius 3 is 1.83 bits per heavy atom. The normalized spacial score (nSPS) is 17.0. The van der Waals surface area contributed by atoms with Crippen LogP contribution in [0.5, 0.6) is 0 Å². The molecule has 1 aliphatic rings. The zero-order chi connectivity index (χ0) is 25.9. The summed E-state index contributed by atoms with van der Waals surface area (Å²) < 4.78 is 0. The molecular weight excluding hydrogens is 442 g/mol. The van der Waals surface area contributed by atoms with E-state index in [1.165, 1.54) is 11.1 Å². The Morgan fingerprint density at radius 2 is 1.22 bits per heavy atom. The summed E-state index contributed by atoms with van der Waals surface area (Å²) >= 11 is 0. The van der Waals surface area contributed by atoms with Gasteiger partial charge in [-0.2, -0.15) is 9.97 Å². The lowest BCUT2D eigenvalue weighted by atomic mass is 9.59. The van der Waals surface area contributed by atoms with Crippen molar-refractivity contribution in [3.05, 3.63) is 78.0 Å². The van der Waals surface area contributed by atoms with Gasteiger partial charge < -0.3 is 4.90 Å². The Morgan fingerprint density at radius 1 is 0.611 bits per heavy atom.